The zero-order chi connectivity index (χ0) is 21.6. The molecular formula is C17H23F2N7O3S. The first-order valence-corrected chi connectivity index (χ1v) is 11.3. The summed E-state index contributed by atoms with van der Waals surface area (Å²) >= 11 is 0. The second-order valence-electron chi connectivity index (χ2n) is 7.80. The Hall–Kier alpha value is -2.38. The van der Waals surface area contributed by atoms with Crippen molar-refractivity contribution in [1.29, 1.82) is 0 Å². The lowest BCUT2D eigenvalue weighted by atomic mass is 9.95. The van der Waals surface area contributed by atoms with E-state index in [-0.39, 0.29) is 48.2 Å². The van der Waals surface area contributed by atoms with Gasteiger partial charge in [-0.3, -0.25) is 9.69 Å². The molecule has 0 radical (unpaired) electrons. The molecule has 0 saturated carbocycles. The number of fused-ring (bicyclic) bond motifs is 1. The summed E-state index contributed by atoms with van der Waals surface area (Å²) in [5.74, 6) is -1.42. The Kier molecular flexibility index (Phi) is 5.36. The number of nitrogens with one attached hydrogen (secondary N) is 1. The van der Waals surface area contributed by atoms with Crippen LogP contribution < -0.4 is 11.1 Å². The van der Waals surface area contributed by atoms with E-state index in [0.29, 0.717) is 6.54 Å². The second kappa shape index (κ2) is 7.71. The van der Waals surface area contributed by atoms with Crippen molar-refractivity contribution in [2.24, 2.45) is 0 Å². The number of hydrogen-bond donors (Lipinski definition) is 2. The minimum absolute atomic E-state index is 0.0152. The number of likely N-dealkylation sites (tertiary alicyclic amines) is 1. The fraction of sp³-hybridized carbons (Fsp3) is 0.588. The molecule has 3 N–H and O–H groups in total. The maximum absolute atomic E-state index is 15.0. The van der Waals surface area contributed by atoms with E-state index >= 15 is 4.39 Å². The Morgan fingerprint density at radius 2 is 2.00 bits per heavy atom. The number of halogens is 2. The van der Waals surface area contributed by atoms with Crippen molar-refractivity contribution in [3.63, 3.8) is 0 Å². The van der Waals surface area contributed by atoms with Crippen LogP contribution in [0.25, 0.3) is 5.65 Å². The van der Waals surface area contributed by atoms with Crippen molar-refractivity contribution in [1.82, 2.24) is 29.7 Å². The molecule has 2 aliphatic heterocycles. The molecule has 0 aromatic carbocycles. The average Bonchev–Trinajstić information content (AvgIpc) is 2.97. The van der Waals surface area contributed by atoms with Crippen LogP contribution in [0.3, 0.4) is 0 Å². The van der Waals surface area contributed by atoms with Gasteiger partial charge >= 0.3 is 0 Å². The monoisotopic (exact) mass is 443 g/mol. The summed E-state index contributed by atoms with van der Waals surface area (Å²) in [5, 5.41) is 6.73. The number of nitrogens with zero attached hydrogens (tertiary/aromatic N) is 5. The minimum Gasteiger partial charge on any atom is -0.381 e. The van der Waals surface area contributed by atoms with Crippen LogP contribution in [0.5, 0.6) is 0 Å². The van der Waals surface area contributed by atoms with Gasteiger partial charge in [-0.25, -0.2) is 26.7 Å². The highest BCUT2D eigenvalue weighted by atomic mass is 32.2. The van der Waals surface area contributed by atoms with Crippen molar-refractivity contribution in [3.05, 3.63) is 23.8 Å². The highest BCUT2D eigenvalue weighted by Crippen LogP contribution is 2.23. The Balaban J connectivity index is 1.59. The van der Waals surface area contributed by atoms with Crippen molar-refractivity contribution >= 4 is 27.2 Å². The van der Waals surface area contributed by atoms with Gasteiger partial charge in [0.25, 0.3) is 5.91 Å². The zero-order valence-electron chi connectivity index (χ0n) is 16.3. The molecule has 1 amide bonds. The number of anilines is 1. The van der Waals surface area contributed by atoms with Gasteiger partial charge in [-0.15, -0.1) is 5.10 Å². The summed E-state index contributed by atoms with van der Waals surface area (Å²) in [5.41, 5.74) is 5.93. The van der Waals surface area contributed by atoms with Crippen LogP contribution in [0.1, 0.15) is 10.4 Å². The van der Waals surface area contributed by atoms with E-state index in [2.05, 4.69) is 15.4 Å². The lowest BCUT2D eigenvalue weighted by Crippen LogP contribution is -2.66. The molecule has 2 aromatic heterocycles. The molecule has 4 heterocycles. The van der Waals surface area contributed by atoms with Crippen LogP contribution in [-0.2, 0) is 9.84 Å². The number of amides is 1. The fourth-order valence-corrected chi connectivity index (χ4v) is 5.43. The smallest absolute Gasteiger partial charge is 0.259 e. The fourth-order valence-electron chi connectivity index (χ4n) is 4.20. The molecule has 30 heavy (non-hydrogen) atoms. The van der Waals surface area contributed by atoms with E-state index in [1.807, 2.05) is 0 Å². The van der Waals surface area contributed by atoms with Crippen molar-refractivity contribution in [3.8, 4) is 0 Å². The molecule has 0 bridgehead atoms. The number of aromatic nitrogens is 3. The molecule has 4 rings (SSSR count). The third kappa shape index (κ3) is 3.96. The molecule has 0 aliphatic carbocycles. The van der Waals surface area contributed by atoms with Gasteiger partial charge in [-0.2, -0.15) is 0 Å². The number of alkyl halides is 1. The van der Waals surface area contributed by atoms with E-state index < -0.39 is 39.8 Å². The van der Waals surface area contributed by atoms with E-state index in [1.54, 1.807) is 16.8 Å². The van der Waals surface area contributed by atoms with Gasteiger partial charge in [-0.05, 0) is 7.05 Å². The lowest BCUT2D eigenvalue weighted by molar-refractivity contribution is 0.0216. The average molecular weight is 443 g/mol. The maximum atomic E-state index is 15.0. The number of piperidine rings is 1. The summed E-state index contributed by atoms with van der Waals surface area (Å²) in [4.78, 5) is 20.5. The normalized spacial score (nSPS) is 27.9. The summed E-state index contributed by atoms with van der Waals surface area (Å²) in [6, 6.07) is -1.28. The number of nitrogen functional groups attached to an aromatic ring is 1. The lowest BCUT2D eigenvalue weighted by Gasteiger charge is -2.46. The van der Waals surface area contributed by atoms with Crippen molar-refractivity contribution in [2.45, 2.75) is 18.3 Å². The Labute approximate surface area is 171 Å². The third-order valence-corrected chi connectivity index (χ3v) is 7.20. The van der Waals surface area contributed by atoms with Crippen LogP contribution in [0.2, 0.25) is 0 Å². The topological polar surface area (TPSA) is 126 Å². The Bertz CT molecular complexity index is 1060. The zero-order valence-corrected chi connectivity index (χ0v) is 17.1. The number of likely N-dealkylation sites (N-methyl/N-ethyl adjacent to an activating group) is 1. The molecule has 2 aliphatic rings. The van der Waals surface area contributed by atoms with E-state index in [4.69, 9.17) is 5.73 Å². The van der Waals surface area contributed by atoms with Gasteiger partial charge in [0.15, 0.2) is 27.1 Å². The quantitative estimate of drug-likeness (QED) is 0.614. The number of hydrogen-bond acceptors (Lipinski definition) is 8. The predicted molar refractivity (Wildman–Crippen MR) is 105 cm³/mol. The Morgan fingerprint density at radius 1 is 1.30 bits per heavy atom. The predicted octanol–water partition coefficient (Wildman–Crippen LogP) is -1.07. The first-order chi connectivity index (χ1) is 14.1. The number of carbonyl (C=O) groups is 1. The molecule has 2 saturated heterocycles. The molecule has 3 atom stereocenters. The van der Waals surface area contributed by atoms with Crippen LogP contribution in [0, 0.1) is 5.82 Å². The van der Waals surface area contributed by atoms with Gasteiger partial charge in [0, 0.05) is 26.2 Å². The van der Waals surface area contributed by atoms with Crippen LogP contribution >= 0.6 is 0 Å². The van der Waals surface area contributed by atoms with Gasteiger partial charge in [-0.1, -0.05) is 0 Å². The first kappa shape index (κ1) is 20.9. The van der Waals surface area contributed by atoms with E-state index in [1.165, 1.54) is 0 Å². The van der Waals surface area contributed by atoms with Gasteiger partial charge < -0.3 is 16.0 Å². The number of carbonyl (C=O) groups excluding carboxylic acids is 1. The molecule has 164 valence electrons. The highest BCUT2D eigenvalue weighted by Gasteiger charge is 2.42. The molecule has 10 nitrogen and oxygen atoms in total. The Morgan fingerprint density at radius 3 is 2.70 bits per heavy atom. The first-order valence-electron chi connectivity index (χ1n) is 9.52. The standard InChI is InChI=1S/C17H23F2N7O3S/c1-24-8-11(19)14(25-2-4-30(28,29)5-3-25)12(9-24)22-17(27)13-15(20)23-26-7-10(18)6-21-16(13)26/h6-7,11-12,14H,2-5,8-9H2,1H3,(H2,20,23)(H,22,27). The number of sulfone groups is 1. The summed E-state index contributed by atoms with van der Waals surface area (Å²) in [7, 11) is -1.37. The molecule has 3 unspecified atom stereocenters. The molecule has 2 aromatic rings. The maximum Gasteiger partial charge on any atom is 0.259 e. The van der Waals surface area contributed by atoms with E-state index in [0.717, 1.165) is 16.9 Å². The summed E-state index contributed by atoms with van der Waals surface area (Å²) in [6.45, 7) is 0.980. The second-order valence-corrected chi connectivity index (χ2v) is 10.1. The van der Waals surface area contributed by atoms with Crippen molar-refractivity contribution in [2.75, 3.05) is 50.5 Å². The number of rotatable bonds is 3. The van der Waals surface area contributed by atoms with Crippen LogP contribution in [0.4, 0.5) is 14.6 Å². The number of nitrogens with two attached hydrogens (primary N) is 1. The molecule has 2 fully saturated rings. The minimum atomic E-state index is -3.12. The molecule has 13 heteroatoms. The van der Waals surface area contributed by atoms with Gasteiger partial charge in [0.2, 0.25) is 0 Å². The van der Waals surface area contributed by atoms with E-state index in [9.17, 15) is 17.6 Å². The van der Waals surface area contributed by atoms with Crippen molar-refractivity contribution < 1.29 is 22.0 Å². The molecular weight excluding hydrogens is 420 g/mol. The SMILES string of the molecule is CN1CC(F)C(N2CCS(=O)(=O)CC2)C(NC(=O)c2c(N)nn3cc(F)cnc23)C1. The van der Waals surface area contributed by atoms with Crippen LogP contribution in [0.15, 0.2) is 12.4 Å². The van der Waals surface area contributed by atoms with Gasteiger partial charge in [0.05, 0.1) is 36.0 Å². The summed E-state index contributed by atoms with van der Waals surface area (Å²) < 4.78 is 53.0. The summed E-state index contributed by atoms with van der Waals surface area (Å²) in [6.07, 6.45) is 0.734. The van der Waals surface area contributed by atoms with Gasteiger partial charge in [0.1, 0.15) is 11.7 Å². The third-order valence-electron chi connectivity index (χ3n) is 5.59. The molecule has 0 spiro atoms. The largest absolute Gasteiger partial charge is 0.381 e. The highest BCUT2D eigenvalue weighted by molar-refractivity contribution is 7.91. The van der Waals surface area contributed by atoms with Crippen LogP contribution in [-0.4, -0.2) is 102 Å².